The lowest BCUT2D eigenvalue weighted by Gasteiger charge is -2.12. The molecule has 0 aliphatic rings. The van der Waals surface area contributed by atoms with Gasteiger partial charge in [0, 0.05) is 24.5 Å². The molecular weight excluding hydrogens is 209 g/mol. The summed E-state index contributed by atoms with van der Waals surface area (Å²) < 4.78 is 40.4. The van der Waals surface area contributed by atoms with Gasteiger partial charge in [-0.25, -0.2) is 0 Å². The first-order valence-electron chi connectivity index (χ1n) is 4.51. The quantitative estimate of drug-likeness (QED) is 0.846. The Kier molecular flexibility index (Phi) is 3.76. The first-order valence-corrected chi connectivity index (χ1v) is 4.51. The average molecular weight is 222 g/mol. The van der Waals surface area contributed by atoms with Crippen LogP contribution in [0.5, 0.6) is 0 Å². The van der Waals surface area contributed by atoms with Gasteiger partial charge in [0.2, 0.25) is 0 Å². The first-order chi connectivity index (χ1) is 6.90. The second-order valence-electron chi connectivity index (χ2n) is 3.21. The summed E-state index contributed by atoms with van der Waals surface area (Å²) in [6, 6.07) is 3.32. The van der Waals surface area contributed by atoms with Crippen LogP contribution in [0.15, 0.2) is 18.3 Å². The second kappa shape index (κ2) is 4.67. The number of halogens is 3. The van der Waals surface area contributed by atoms with E-state index in [0.29, 0.717) is 0 Å². The molecule has 0 radical (unpaired) electrons. The number of ether oxygens (including phenoxy) is 1. The maximum Gasteiger partial charge on any atom is 0.522 e. The van der Waals surface area contributed by atoms with Crippen molar-refractivity contribution in [1.29, 1.82) is 0 Å². The van der Waals surface area contributed by atoms with Crippen molar-refractivity contribution in [3.05, 3.63) is 24.0 Å². The molecule has 1 rings (SSSR count). The van der Waals surface area contributed by atoms with Gasteiger partial charge in [0.1, 0.15) is 0 Å². The summed E-state index contributed by atoms with van der Waals surface area (Å²) >= 11 is 0. The third-order valence-electron chi connectivity index (χ3n) is 1.93. The van der Waals surface area contributed by atoms with Gasteiger partial charge in [-0.2, -0.15) is 0 Å². The molecule has 1 unspecified atom stereocenters. The highest BCUT2D eigenvalue weighted by molar-refractivity contribution is 5.10. The van der Waals surface area contributed by atoms with Crippen molar-refractivity contribution in [2.24, 2.45) is 5.73 Å². The van der Waals surface area contributed by atoms with E-state index >= 15 is 0 Å². The van der Waals surface area contributed by atoms with Crippen molar-refractivity contribution < 1.29 is 17.9 Å². The van der Waals surface area contributed by atoms with Crippen molar-refractivity contribution in [1.82, 2.24) is 4.57 Å². The molecule has 0 amide bonds. The van der Waals surface area contributed by atoms with Crippen molar-refractivity contribution >= 4 is 0 Å². The molecule has 1 aromatic rings. The van der Waals surface area contributed by atoms with Gasteiger partial charge in [-0.3, -0.25) is 4.74 Å². The van der Waals surface area contributed by atoms with E-state index in [1.54, 1.807) is 29.8 Å². The molecule has 6 heteroatoms. The smallest absolute Gasteiger partial charge is 0.348 e. The molecule has 0 saturated heterocycles. The number of rotatable bonds is 4. The molecule has 0 aromatic carbocycles. The number of nitrogens with two attached hydrogens (primary N) is 1. The summed E-state index contributed by atoms with van der Waals surface area (Å²) in [4.78, 5) is 0. The lowest BCUT2D eigenvalue weighted by Crippen LogP contribution is -2.19. The molecule has 0 aliphatic heterocycles. The zero-order valence-electron chi connectivity index (χ0n) is 8.29. The lowest BCUT2D eigenvalue weighted by atomic mass is 10.2. The van der Waals surface area contributed by atoms with Crippen LogP contribution in [0.25, 0.3) is 0 Å². The Morgan fingerprint density at radius 2 is 2.20 bits per heavy atom. The predicted octanol–water partition coefficient (Wildman–Crippen LogP) is 2.04. The molecule has 1 aromatic heterocycles. The standard InChI is InChI=1S/C9H13F3N2O/c1-7(13)8-3-2-4-14(8)5-6-15-9(10,11)12/h2-4,7H,5-6,13H2,1H3. The highest BCUT2D eigenvalue weighted by atomic mass is 19.4. The van der Waals surface area contributed by atoms with Gasteiger partial charge >= 0.3 is 6.36 Å². The van der Waals surface area contributed by atoms with E-state index < -0.39 is 13.0 Å². The summed E-state index contributed by atoms with van der Waals surface area (Å²) in [7, 11) is 0. The Morgan fingerprint density at radius 3 is 2.73 bits per heavy atom. The molecule has 3 nitrogen and oxygen atoms in total. The van der Waals surface area contributed by atoms with Crippen molar-refractivity contribution in [2.45, 2.75) is 25.9 Å². The van der Waals surface area contributed by atoms with Gasteiger partial charge in [0.25, 0.3) is 0 Å². The van der Waals surface area contributed by atoms with Crippen molar-refractivity contribution in [3.8, 4) is 0 Å². The molecule has 0 spiro atoms. The minimum absolute atomic E-state index is 0.142. The second-order valence-corrected chi connectivity index (χ2v) is 3.21. The van der Waals surface area contributed by atoms with Crippen LogP contribution in [0.2, 0.25) is 0 Å². The molecule has 0 fully saturated rings. The molecule has 0 aliphatic carbocycles. The Hall–Kier alpha value is -1.01. The summed E-state index contributed by atoms with van der Waals surface area (Å²) in [5.41, 5.74) is 6.43. The van der Waals surface area contributed by atoms with Gasteiger partial charge in [0.15, 0.2) is 0 Å². The number of aromatic nitrogens is 1. The lowest BCUT2D eigenvalue weighted by molar-refractivity contribution is -0.325. The van der Waals surface area contributed by atoms with Gasteiger partial charge in [0.05, 0.1) is 6.61 Å². The zero-order chi connectivity index (χ0) is 11.5. The van der Waals surface area contributed by atoms with Gasteiger partial charge < -0.3 is 10.3 Å². The summed E-state index contributed by atoms with van der Waals surface area (Å²) in [6.45, 7) is 1.51. The Bertz CT molecular complexity index is 307. The molecule has 0 bridgehead atoms. The molecule has 86 valence electrons. The minimum atomic E-state index is -4.57. The van der Waals surface area contributed by atoms with Crippen LogP contribution in [-0.4, -0.2) is 17.5 Å². The van der Waals surface area contributed by atoms with E-state index in [1.165, 1.54) is 0 Å². The summed E-state index contributed by atoms with van der Waals surface area (Å²) in [5.74, 6) is 0. The third-order valence-corrected chi connectivity index (χ3v) is 1.93. The van der Waals surface area contributed by atoms with E-state index in [4.69, 9.17) is 5.73 Å². The number of hydrogen-bond donors (Lipinski definition) is 1. The zero-order valence-corrected chi connectivity index (χ0v) is 8.29. The van der Waals surface area contributed by atoms with E-state index in [1.807, 2.05) is 0 Å². The summed E-state index contributed by atoms with van der Waals surface area (Å²) in [5, 5.41) is 0. The largest absolute Gasteiger partial charge is 0.522 e. The Labute approximate surface area is 85.6 Å². The average Bonchev–Trinajstić information content (AvgIpc) is 2.49. The van der Waals surface area contributed by atoms with Crippen LogP contribution in [0.1, 0.15) is 18.7 Å². The fraction of sp³-hybridized carbons (Fsp3) is 0.556. The maximum atomic E-state index is 11.7. The first kappa shape index (κ1) is 12.1. The number of alkyl halides is 3. The van der Waals surface area contributed by atoms with Crippen LogP contribution < -0.4 is 5.73 Å². The third kappa shape index (κ3) is 3.93. The van der Waals surface area contributed by atoms with E-state index in [2.05, 4.69) is 4.74 Å². The van der Waals surface area contributed by atoms with Crippen LogP contribution in [0, 0.1) is 0 Å². The molecule has 2 N–H and O–H groups in total. The minimum Gasteiger partial charge on any atom is -0.348 e. The molecule has 1 atom stereocenters. The van der Waals surface area contributed by atoms with Crippen molar-refractivity contribution in [3.63, 3.8) is 0 Å². The molecule has 0 saturated carbocycles. The topological polar surface area (TPSA) is 40.2 Å². The van der Waals surface area contributed by atoms with Gasteiger partial charge in [-0.15, -0.1) is 13.2 Å². The Balaban J connectivity index is 2.47. The van der Waals surface area contributed by atoms with Gasteiger partial charge in [-0.1, -0.05) is 0 Å². The highest BCUT2D eigenvalue weighted by Crippen LogP contribution is 2.16. The molecule has 15 heavy (non-hydrogen) atoms. The number of hydrogen-bond acceptors (Lipinski definition) is 2. The molecule has 1 heterocycles. The maximum absolute atomic E-state index is 11.7. The predicted molar refractivity (Wildman–Crippen MR) is 49.0 cm³/mol. The summed E-state index contributed by atoms with van der Waals surface area (Å²) in [6.07, 6.45) is -2.89. The van der Waals surface area contributed by atoms with Crippen LogP contribution in [0.3, 0.4) is 0 Å². The fourth-order valence-electron chi connectivity index (χ4n) is 1.30. The monoisotopic (exact) mass is 222 g/mol. The van der Waals surface area contributed by atoms with Crippen LogP contribution in [0.4, 0.5) is 13.2 Å². The molecular formula is C9H13F3N2O. The van der Waals surface area contributed by atoms with Crippen LogP contribution in [-0.2, 0) is 11.3 Å². The SMILES string of the molecule is CC(N)c1cccn1CCOC(F)(F)F. The van der Waals surface area contributed by atoms with Crippen molar-refractivity contribution in [2.75, 3.05) is 6.61 Å². The normalized spacial score (nSPS) is 14.2. The van der Waals surface area contributed by atoms with E-state index in [-0.39, 0.29) is 12.6 Å². The fourth-order valence-corrected chi connectivity index (χ4v) is 1.30. The van der Waals surface area contributed by atoms with E-state index in [0.717, 1.165) is 5.69 Å². The van der Waals surface area contributed by atoms with E-state index in [9.17, 15) is 13.2 Å². The Morgan fingerprint density at radius 1 is 1.53 bits per heavy atom. The van der Waals surface area contributed by atoms with Crippen LogP contribution >= 0.6 is 0 Å². The number of nitrogens with zero attached hydrogens (tertiary/aromatic N) is 1. The van der Waals surface area contributed by atoms with Gasteiger partial charge in [-0.05, 0) is 19.1 Å². The highest BCUT2D eigenvalue weighted by Gasteiger charge is 2.28.